The van der Waals surface area contributed by atoms with Crippen LogP contribution in [0.2, 0.25) is 0 Å². The summed E-state index contributed by atoms with van der Waals surface area (Å²) in [6.07, 6.45) is 1.87. The van der Waals surface area contributed by atoms with Gasteiger partial charge in [-0.25, -0.2) is 0 Å². The lowest BCUT2D eigenvalue weighted by molar-refractivity contribution is 0.413. The summed E-state index contributed by atoms with van der Waals surface area (Å²) in [6, 6.07) is 6.68. The number of ether oxygens (including phenoxy) is 1. The van der Waals surface area contributed by atoms with Crippen LogP contribution in [0.3, 0.4) is 0 Å². The Morgan fingerprint density at radius 3 is 2.80 bits per heavy atom. The van der Waals surface area contributed by atoms with Gasteiger partial charge >= 0.3 is 0 Å². The fourth-order valence-corrected chi connectivity index (χ4v) is 1.74. The van der Waals surface area contributed by atoms with Crippen LogP contribution >= 0.6 is 11.8 Å². The van der Waals surface area contributed by atoms with Gasteiger partial charge in [0.1, 0.15) is 11.3 Å². The van der Waals surface area contributed by atoms with Crippen molar-refractivity contribution < 1.29 is 9.15 Å². The third kappa shape index (κ3) is 1.85. The molecule has 0 aliphatic rings. The molecular formula is C11H10O3S. The van der Waals surface area contributed by atoms with Gasteiger partial charge in [0.2, 0.25) is 0 Å². The van der Waals surface area contributed by atoms with Crippen molar-refractivity contribution in [3.8, 4) is 5.75 Å². The molecule has 0 unspecified atom stereocenters. The van der Waals surface area contributed by atoms with Gasteiger partial charge in [-0.1, -0.05) is 11.8 Å². The molecule has 0 saturated heterocycles. The van der Waals surface area contributed by atoms with Crippen molar-refractivity contribution >= 4 is 22.7 Å². The summed E-state index contributed by atoms with van der Waals surface area (Å²) >= 11 is 1.40. The van der Waals surface area contributed by atoms with Gasteiger partial charge in [0.15, 0.2) is 10.5 Å². The number of rotatable bonds is 2. The normalized spacial score (nSPS) is 10.5. The molecule has 78 valence electrons. The first-order chi connectivity index (χ1) is 7.24. The van der Waals surface area contributed by atoms with E-state index in [-0.39, 0.29) is 5.43 Å². The Hall–Kier alpha value is -1.42. The molecule has 0 amide bonds. The molecule has 0 N–H and O–H groups in total. The second-order valence-electron chi connectivity index (χ2n) is 3.00. The molecule has 3 nitrogen and oxygen atoms in total. The molecule has 1 heterocycles. The van der Waals surface area contributed by atoms with Gasteiger partial charge in [0, 0.05) is 12.1 Å². The maximum atomic E-state index is 11.6. The molecule has 0 fully saturated rings. The second kappa shape index (κ2) is 3.98. The van der Waals surface area contributed by atoms with Gasteiger partial charge in [0.05, 0.1) is 12.5 Å². The molecular weight excluding hydrogens is 212 g/mol. The van der Waals surface area contributed by atoms with Gasteiger partial charge in [-0.2, -0.15) is 0 Å². The SMILES string of the molecule is COc1ccc2c(=O)cc(SC)oc2c1. The van der Waals surface area contributed by atoms with Crippen LogP contribution in [0.4, 0.5) is 0 Å². The van der Waals surface area contributed by atoms with Crippen molar-refractivity contribution in [3.63, 3.8) is 0 Å². The molecule has 0 atom stereocenters. The summed E-state index contributed by atoms with van der Waals surface area (Å²) < 4.78 is 10.6. The molecule has 4 heteroatoms. The highest BCUT2D eigenvalue weighted by Crippen LogP contribution is 2.22. The Kier molecular flexibility index (Phi) is 2.68. The highest BCUT2D eigenvalue weighted by atomic mass is 32.2. The molecule has 1 aromatic heterocycles. The highest BCUT2D eigenvalue weighted by Gasteiger charge is 2.04. The largest absolute Gasteiger partial charge is 0.497 e. The zero-order valence-electron chi connectivity index (χ0n) is 8.44. The molecule has 2 rings (SSSR count). The predicted octanol–water partition coefficient (Wildman–Crippen LogP) is 2.52. The summed E-state index contributed by atoms with van der Waals surface area (Å²) in [4.78, 5) is 11.6. The van der Waals surface area contributed by atoms with E-state index in [1.165, 1.54) is 17.8 Å². The number of hydrogen-bond donors (Lipinski definition) is 0. The lowest BCUT2D eigenvalue weighted by atomic mass is 10.2. The van der Waals surface area contributed by atoms with Crippen molar-refractivity contribution in [1.29, 1.82) is 0 Å². The molecule has 0 saturated carbocycles. The lowest BCUT2D eigenvalue weighted by Gasteiger charge is -2.02. The van der Waals surface area contributed by atoms with E-state index < -0.39 is 0 Å². The van der Waals surface area contributed by atoms with Crippen LogP contribution in [0.5, 0.6) is 5.75 Å². The Bertz CT molecular complexity index is 540. The first kappa shape index (κ1) is 10.1. The van der Waals surface area contributed by atoms with E-state index in [2.05, 4.69) is 0 Å². The highest BCUT2D eigenvalue weighted by molar-refractivity contribution is 7.98. The van der Waals surface area contributed by atoms with Crippen molar-refractivity contribution in [2.24, 2.45) is 0 Å². The van der Waals surface area contributed by atoms with E-state index in [0.29, 0.717) is 21.8 Å². The molecule has 2 aromatic rings. The van der Waals surface area contributed by atoms with Crippen LogP contribution < -0.4 is 10.2 Å². The average molecular weight is 222 g/mol. The minimum Gasteiger partial charge on any atom is -0.497 e. The second-order valence-corrected chi connectivity index (χ2v) is 3.81. The van der Waals surface area contributed by atoms with Gasteiger partial charge in [-0.3, -0.25) is 4.79 Å². The predicted molar refractivity (Wildman–Crippen MR) is 60.8 cm³/mol. The quantitative estimate of drug-likeness (QED) is 0.732. The fraction of sp³-hybridized carbons (Fsp3) is 0.182. The number of hydrogen-bond acceptors (Lipinski definition) is 4. The Balaban J connectivity index is 2.75. The van der Waals surface area contributed by atoms with E-state index in [1.54, 1.807) is 25.3 Å². The Morgan fingerprint density at radius 1 is 1.33 bits per heavy atom. The first-order valence-corrected chi connectivity index (χ1v) is 5.63. The standard InChI is InChI=1S/C11H10O3S/c1-13-7-3-4-8-9(12)6-11(15-2)14-10(8)5-7/h3-6H,1-2H3. The summed E-state index contributed by atoms with van der Waals surface area (Å²) in [5, 5.41) is 1.19. The van der Waals surface area contributed by atoms with E-state index in [9.17, 15) is 4.79 Å². The number of benzene rings is 1. The molecule has 0 aliphatic heterocycles. The molecule has 15 heavy (non-hydrogen) atoms. The summed E-state index contributed by atoms with van der Waals surface area (Å²) in [6.45, 7) is 0. The molecule has 0 aliphatic carbocycles. The summed E-state index contributed by atoms with van der Waals surface area (Å²) in [5.41, 5.74) is 0.537. The summed E-state index contributed by atoms with van der Waals surface area (Å²) in [5.74, 6) is 0.684. The van der Waals surface area contributed by atoms with E-state index in [1.807, 2.05) is 6.26 Å². The zero-order valence-corrected chi connectivity index (χ0v) is 9.26. The number of thioether (sulfide) groups is 1. The molecule has 1 aromatic carbocycles. The first-order valence-electron chi connectivity index (χ1n) is 4.40. The van der Waals surface area contributed by atoms with Crippen LogP contribution in [0.1, 0.15) is 0 Å². The number of fused-ring (bicyclic) bond motifs is 1. The van der Waals surface area contributed by atoms with Gasteiger partial charge in [-0.05, 0) is 18.4 Å². The Morgan fingerprint density at radius 2 is 2.13 bits per heavy atom. The van der Waals surface area contributed by atoms with Crippen LogP contribution in [0.25, 0.3) is 11.0 Å². The van der Waals surface area contributed by atoms with Crippen molar-refractivity contribution in [1.82, 2.24) is 0 Å². The smallest absolute Gasteiger partial charge is 0.193 e. The van der Waals surface area contributed by atoms with Crippen molar-refractivity contribution in [2.75, 3.05) is 13.4 Å². The van der Waals surface area contributed by atoms with Crippen LogP contribution in [0.15, 0.2) is 38.6 Å². The monoisotopic (exact) mass is 222 g/mol. The van der Waals surface area contributed by atoms with E-state index >= 15 is 0 Å². The fourth-order valence-electron chi connectivity index (χ4n) is 1.34. The third-order valence-corrected chi connectivity index (χ3v) is 2.72. The summed E-state index contributed by atoms with van der Waals surface area (Å²) in [7, 11) is 1.58. The van der Waals surface area contributed by atoms with Crippen LogP contribution in [-0.2, 0) is 0 Å². The van der Waals surface area contributed by atoms with Crippen molar-refractivity contribution in [3.05, 3.63) is 34.5 Å². The molecule has 0 bridgehead atoms. The van der Waals surface area contributed by atoms with E-state index in [0.717, 1.165) is 0 Å². The minimum absolute atomic E-state index is 0.0248. The zero-order chi connectivity index (χ0) is 10.8. The molecule has 0 radical (unpaired) electrons. The van der Waals surface area contributed by atoms with Gasteiger partial charge < -0.3 is 9.15 Å². The van der Waals surface area contributed by atoms with Crippen LogP contribution in [0, 0.1) is 0 Å². The third-order valence-electron chi connectivity index (χ3n) is 2.11. The maximum absolute atomic E-state index is 11.6. The van der Waals surface area contributed by atoms with E-state index in [4.69, 9.17) is 9.15 Å². The van der Waals surface area contributed by atoms with Crippen molar-refractivity contribution in [2.45, 2.75) is 5.09 Å². The topological polar surface area (TPSA) is 39.4 Å². The lowest BCUT2D eigenvalue weighted by Crippen LogP contribution is -1.99. The van der Waals surface area contributed by atoms with Gasteiger partial charge in [0.25, 0.3) is 0 Å². The number of methoxy groups -OCH3 is 1. The van der Waals surface area contributed by atoms with Crippen LogP contribution in [-0.4, -0.2) is 13.4 Å². The average Bonchev–Trinajstić information content (AvgIpc) is 2.28. The maximum Gasteiger partial charge on any atom is 0.193 e. The minimum atomic E-state index is -0.0248. The molecule has 0 spiro atoms. The Labute approximate surface area is 91.0 Å². The van der Waals surface area contributed by atoms with Gasteiger partial charge in [-0.15, -0.1) is 0 Å².